The number of benzene rings is 1. The van der Waals surface area contributed by atoms with E-state index < -0.39 is 0 Å². The van der Waals surface area contributed by atoms with Crippen LogP contribution in [0.1, 0.15) is 35.2 Å². The Kier molecular flexibility index (Phi) is 6.65. The molecule has 0 aromatic heterocycles. The van der Waals surface area contributed by atoms with Crippen molar-refractivity contribution in [3.63, 3.8) is 0 Å². The molecule has 1 aromatic rings. The maximum absolute atomic E-state index is 11.9. The lowest BCUT2D eigenvalue weighted by molar-refractivity contribution is 0.0952. The van der Waals surface area contributed by atoms with E-state index in [-0.39, 0.29) is 5.91 Å². The Morgan fingerprint density at radius 3 is 2.83 bits per heavy atom. The van der Waals surface area contributed by atoms with Gasteiger partial charge in [0.1, 0.15) is 0 Å². The van der Waals surface area contributed by atoms with Crippen LogP contribution in [0.5, 0.6) is 0 Å². The molecule has 0 unspecified atom stereocenters. The molecular formula is C14H22N2OS. The smallest absolute Gasteiger partial charge is 0.251 e. The number of anilines is 1. The number of hydrogen-bond donors (Lipinski definition) is 2. The van der Waals surface area contributed by atoms with E-state index >= 15 is 0 Å². The number of nitrogens with one attached hydrogen (secondary N) is 1. The largest absolute Gasteiger partial charge is 0.398 e. The molecule has 0 bridgehead atoms. The van der Waals surface area contributed by atoms with Crippen LogP contribution in [0.4, 0.5) is 5.69 Å². The fraction of sp³-hybridized carbons (Fsp3) is 0.500. The van der Waals surface area contributed by atoms with E-state index in [4.69, 9.17) is 5.73 Å². The van der Waals surface area contributed by atoms with Gasteiger partial charge in [-0.3, -0.25) is 4.79 Å². The van der Waals surface area contributed by atoms with Gasteiger partial charge in [0.25, 0.3) is 5.91 Å². The van der Waals surface area contributed by atoms with Crippen LogP contribution in [0.2, 0.25) is 0 Å². The molecule has 3 N–H and O–H groups in total. The molecule has 0 atom stereocenters. The zero-order valence-electron chi connectivity index (χ0n) is 11.2. The van der Waals surface area contributed by atoms with Crippen molar-refractivity contribution in [2.45, 2.75) is 26.2 Å². The van der Waals surface area contributed by atoms with Crippen molar-refractivity contribution in [3.8, 4) is 0 Å². The van der Waals surface area contributed by atoms with Crippen molar-refractivity contribution in [2.24, 2.45) is 0 Å². The minimum atomic E-state index is -0.0235. The molecule has 0 aliphatic carbocycles. The highest BCUT2D eigenvalue weighted by Crippen LogP contribution is 2.15. The highest BCUT2D eigenvalue weighted by Gasteiger charge is 2.09. The first-order valence-electron chi connectivity index (χ1n) is 6.29. The molecule has 1 aromatic carbocycles. The van der Waals surface area contributed by atoms with Crippen molar-refractivity contribution in [1.29, 1.82) is 0 Å². The van der Waals surface area contributed by atoms with Crippen LogP contribution in [0.25, 0.3) is 0 Å². The lowest BCUT2D eigenvalue weighted by Crippen LogP contribution is -2.25. The van der Waals surface area contributed by atoms with Crippen molar-refractivity contribution < 1.29 is 4.79 Å². The summed E-state index contributed by atoms with van der Waals surface area (Å²) in [6.07, 6.45) is 5.53. The van der Waals surface area contributed by atoms with Gasteiger partial charge in [-0.05, 0) is 49.5 Å². The molecule has 100 valence electrons. The standard InChI is InChI=1S/C14H22N2OS/c1-11-12(7-6-8-13(11)15)14(17)16-9-4-3-5-10-18-2/h6-8H,3-5,9-10,15H2,1-2H3,(H,16,17). The van der Waals surface area contributed by atoms with Crippen LogP contribution in [-0.2, 0) is 0 Å². The van der Waals surface area contributed by atoms with Gasteiger partial charge in [0.2, 0.25) is 0 Å². The van der Waals surface area contributed by atoms with E-state index in [0.29, 0.717) is 11.3 Å². The van der Waals surface area contributed by atoms with E-state index in [1.807, 2.05) is 36.9 Å². The number of nitrogen functional groups attached to an aromatic ring is 1. The maximum atomic E-state index is 11.9. The zero-order chi connectivity index (χ0) is 13.4. The number of hydrogen-bond acceptors (Lipinski definition) is 3. The molecule has 0 saturated heterocycles. The van der Waals surface area contributed by atoms with E-state index in [1.54, 1.807) is 0 Å². The molecule has 1 rings (SSSR count). The number of unbranched alkanes of at least 4 members (excludes halogenated alkanes) is 2. The summed E-state index contributed by atoms with van der Waals surface area (Å²) in [5.74, 6) is 1.17. The second-order valence-electron chi connectivity index (χ2n) is 4.33. The molecule has 0 fully saturated rings. The Balaban J connectivity index is 2.35. The van der Waals surface area contributed by atoms with Crippen LogP contribution < -0.4 is 11.1 Å². The van der Waals surface area contributed by atoms with Gasteiger partial charge in [0, 0.05) is 17.8 Å². The molecule has 0 spiro atoms. The van der Waals surface area contributed by atoms with Gasteiger partial charge in [-0.1, -0.05) is 12.5 Å². The molecule has 1 amide bonds. The SMILES string of the molecule is CSCCCCCNC(=O)c1cccc(N)c1C. The summed E-state index contributed by atoms with van der Waals surface area (Å²) >= 11 is 1.87. The quantitative estimate of drug-likeness (QED) is 0.589. The van der Waals surface area contributed by atoms with Gasteiger partial charge in [-0.15, -0.1) is 0 Å². The second-order valence-corrected chi connectivity index (χ2v) is 5.31. The third kappa shape index (κ3) is 4.61. The van der Waals surface area contributed by atoms with E-state index in [0.717, 1.165) is 24.9 Å². The monoisotopic (exact) mass is 266 g/mol. The summed E-state index contributed by atoms with van der Waals surface area (Å²) in [6, 6.07) is 5.44. The molecule has 0 aliphatic rings. The third-order valence-corrected chi connectivity index (χ3v) is 3.63. The van der Waals surface area contributed by atoms with Gasteiger partial charge in [-0.25, -0.2) is 0 Å². The Labute approximate surface area is 114 Å². The fourth-order valence-electron chi connectivity index (χ4n) is 1.74. The molecule has 4 heteroatoms. The van der Waals surface area contributed by atoms with Gasteiger partial charge in [0.05, 0.1) is 0 Å². The molecule has 0 heterocycles. The summed E-state index contributed by atoms with van der Waals surface area (Å²) in [4.78, 5) is 11.9. The highest BCUT2D eigenvalue weighted by atomic mass is 32.2. The summed E-state index contributed by atoms with van der Waals surface area (Å²) in [7, 11) is 0. The van der Waals surface area contributed by atoms with Crippen molar-refractivity contribution in [2.75, 3.05) is 24.3 Å². The number of amides is 1. The summed E-state index contributed by atoms with van der Waals surface area (Å²) in [5, 5.41) is 2.94. The van der Waals surface area contributed by atoms with Crippen molar-refractivity contribution in [3.05, 3.63) is 29.3 Å². The minimum Gasteiger partial charge on any atom is -0.398 e. The van der Waals surface area contributed by atoms with Crippen molar-refractivity contribution >= 4 is 23.4 Å². The fourth-order valence-corrected chi connectivity index (χ4v) is 2.24. The Hall–Kier alpha value is -1.16. The van der Waals surface area contributed by atoms with E-state index in [9.17, 15) is 4.79 Å². The van der Waals surface area contributed by atoms with Gasteiger partial charge in [0.15, 0.2) is 0 Å². The predicted octanol–water partition coefficient (Wildman–Crippen LogP) is 2.84. The molecule has 3 nitrogen and oxygen atoms in total. The van der Waals surface area contributed by atoms with E-state index in [2.05, 4.69) is 11.6 Å². The third-order valence-electron chi connectivity index (χ3n) is 2.93. The number of thioether (sulfide) groups is 1. The number of carbonyl (C=O) groups excluding carboxylic acids is 1. The molecular weight excluding hydrogens is 244 g/mol. The Bertz CT molecular complexity index is 393. The topological polar surface area (TPSA) is 55.1 Å². The number of rotatable bonds is 7. The average molecular weight is 266 g/mol. The van der Waals surface area contributed by atoms with Gasteiger partial charge < -0.3 is 11.1 Å². The summed E-state index contributed by atoms with van der Waals surface area (Å²) in [6.45, 7) is 2.62. The van der Waals surface area contributed by atoms with Crippen LogP contribution in [0.3, 0.4) is 0 Å². The molecule has 0 radical (unpaired) electrons. The van der Waals surface area contributed by atoms with Gasteiger partial charge in [-0.2, -0.15) is 11.8 Å². The average Bonchev–Trinajstić information content (AvgIpc) is 2.36. The first-order chi connectivity index (χ1) is 8.66. The lowest BCUT2D eigenvalue weighted by Gasteiger charge is -2.09. The zero-order valence-corrected chi connectivity index (χ0v) is 12.0. The molecule has 18 heavy (non-hydrogen) atoms. The van der Waals surface area contributed by atoms with Crippen LogP contribution in [0.15, 0.2) is 18.2 Å². The Morgan fingerprint density at radius 2 is 2.11 bits per heavy atom. The van der Waals surface area contributed by atoms with Crippen LogP contribution in [0, 0.1) is 6.92 Å². The maximum Gasteiger partial charge on any atom is 0.251 e. The number of nitrogens with two attached hydrogens (primary N) is 1. The number of carbonyl (C=O) groups is 1. The minimum absolute atomic E-state index is 0.0235. The Morgan fingerprint density at radius 1 is 1.33 bits per heavy atom. The normalized spacial score (nSPS) is 10.3. The van der Waals surface area contributed by atoms with E-state index in [1.165, 1.54) is 12.2 Å². The molecule has 0 aliphatic heterocycles. The first-order valence-corrected chi connectivity index (χ1v) is 7.68. The van der Waals surface area contributed by atoms with Crippen LogP contribution >= 0.6 is 11.8 Å². The highest BCUT2D eigenvalue weighted by molar-refractivity contribution is 7.98. The lowest BCUT2D eigenvalue weighted by atomic mass is 10.1. The molecule has 0 saturated carbocycles. The summed E-state index contributed by atoms with van der Waals surface area (Å²) < 4.78 is 0. The van der Waals surface area contributed by atoms with Gasteiger partial charge >= 0.3 is 0 Å². The van der Waals surface area contributed by atoms with Crippen molar-refractivity contribution in [1.82, 2.24) is 5.32 Å². The van der Waals surface area contributed by atoms with Crippen LogP contribution in [-0.4, -0.2) is 24.5 Å². The summed E-state index contributed by atoms with van der Waals surface area (Å²) in [5.41, 5.74) is 7.99. The second kappa shape index (κ2) is 8.03. The predicted molar refractivity (Wildman–Crippen MR) is 80.2 cm³/mol. The first kappa shape index (κ1) is 14.9.